The standard InChI is InChI=1S/C12H19NO2S/c1-4-5-9(2)13(3)8-10-6-7-11(16-10)12(14)15/h6-7,9H,4-5,8H2,1-3H3,(H,14,15). The molecular formula is C12H19NO2S. The smallest absolute Gasteiger partial charge is 0.345 e. The van der Waals surface area contributed by atoms with E-state index in [-0.39, 0.29) is 0 Å². The van der Waals surface area contributed by atoms with Crippen LogP contribution in [0.5, 0.6) is 0 Å². The van der Waals surface area contributed by atoms with E-state index in [1.807, 2.05) is 6.07 Å². The molecule has 1 unspecified atom stereocenters. The number of carbonyl (C=O) groups is 1. The van der Waals surface area contributed by atoms with Crippen LogP contribution in [0.15, 0.2) is 12.1 Å². The summed E-state index contributed by atoms with van der Waals surface area (Å²) in [6.45, 7) is 5.21. The van der Waals surface area contributed by atoms with Crippen LogP contribution in [0.1, 0.15) is 41.2 Å². The normalized spacial score (nSPS) is 13.0. The Kier molecular flexibility index (Phi) is 4.96. The Morgan fingerprint density at radius 1 is 1.56 bits per heavy atom. The summed E-state index contributed by atoms with van der Waals surface area (Å²) < 4.78 is 0. The monoisotopic (exact) mass is 241 g/mol. The van der Waals surface area contributed by atoms with Crippen LogP contribution in [0.2, 0.25) is 0 Å². The predicted octanol–water partition coefficient (Wildman–Crippen LogP) is 3.07. The molecule has 1 heterocycles. The number of hydrogen-bond acceptors (Lipinski definition) is 3. The molecular weight excluding hydrogens is 222 g/mol. The molecule has 3 nitrogen and oxygen atoms in total. The van der Waals surface area contributed by atoms with Gasteiger partial charge in [-0.05, 0) is 32.5 Å². The van der Waals surface area contributed by atoms with Crippen molar-refractivity contribution in [2.75, 3.05) is 7.05 Å². The minimum absolute atomic E-state index is 0.423. The van der Waals surface area contributed by atoms with E-state index in [1.54, 1.807) is 6.07 Å². The minimum atomic E-state index is -0.833. The molecule has 0 bridgehead atoms. The van der Waals surface area contributed by atoms with Gasteiger partial charge in [-0.25, -0.2) is 4.79 Å². The number of carboxylic acids is 1. The summed E-state index contributed by atoms with van der Waals surface area (Å²) >= 11 is 1.36. The van der Waals surface area contributed by atoms with Crippen molar-refractivity contribution in [2.24, 2.45) is 0 Å². The third-order valence-corrected chi connectivity index (χ3v) is 3.79. The van der Waals surface area contributed by atoms with Gasteiger partial charge < -0.3 is 5.11 Å². The number of thiophene rings is 1. The van der Waals surface area contributed by atoms with Crippen LogP contribution in [-0.2, 0) is 6.54 Å². The molecule has 1 N–H and O–H groups in total. The van der Waals surface area contributed by atoms with Crippen molar-refractivity contribution in [1.29, 1.82) is 0 Å². The van der Waals surface area contributed by atoms with Gasteiger partial charge in [0.2, 0.25) is 0 Å². The van der Waals surface area contributed by atoms with E-state index < -0.39 is 5.97 Å². The molecule has 0 amide bonds. The molecule has 1 rings (SSSR count). The summed E-state index contributed by atoms with van der Waals surface area (Å²) in [4.78, 5) is 14.5. The molecule has 0 saturated heterocycles. The third kappa shape index (κ3) is 3.61. The second kappa shape index (κ2) is 6.01. The molecule has 0 saturated carbocycles. The largest absolute Gasteiger partial charge is 0.477 e. The van der Waals surface area contributed by atoms with Gasteiger partial charge >= 0.3 is 5.97 Å². The number of hydrogen-bond donors (Lipinski definition) is 1. The van der Waals surface area contributed by atoms with Gasteiger partial charge in [0, 0.05) is 17.5 Å². The minimum Gasteiger partial charge on any atom is -0.477 e. The Balaban J connectivity index is 2.55. The lowest BCUT2D eigenvalue weighted by Crippen LogP contribution is -2.27. The molecule has 16 heavy (non-hydrogen) atoms. The molecule has 0 aliphatic heterocycles. The Hall–Kier alpha value is -0.870. The highest BCUT2D eigenvalue weighted by molar-refractivity contribution is 7.13. The maximum absolute atomic E-state index is 10.7. The maximum atomic E-state index is 10.7. The Labute approximate surface area is 101 Å². The van der Waals surface area contributed by atoms with E-state index in [0.29, 0.717) is 10.9 Å². The van der Waals surface area contributed by atoms with Crippen LogP contribution >= 0.6 is 11.3 Å². The molecule has 1 aromatic rings. The van der Waals surface area contributed by atoms with E-state index in [1.165, 1.54) is 24.2 Å². The third-order valence-electron chi connectivity index (χ3n) is 2.74. The van der Waals surface area contributed by atoms with Crippen molar-refractivity contribution < 1.29 is 9.90 Å². The summed E-state index contributed by atoms with van der Waals surface area (Å²) in [6.07, 6.45) is 2.35. The van der Waals surface area contributed by atoms with Gasteiger partial charge in [-0.2, -0.15) is 0 Å². The van der Waals surface area contributed by atoms with E-state index in [2.05, 4.69) is 25.8 Å². The van der Waals surface area contributed by atoms with Crippen molar-refractivity contribution in [1.82, 2.24) is 4.90 Å². The number of nitrogens with zero attached hydrogens (tertiary/aromatic N) is 1. The van der Waals surface area contributed by atoms with Gasteiger partial charge in [-0.1, -0.05) is 13.3 Å². The van der Waals surface area contributed by atoms with Crippen molar-refractivity contribution in [3.05, 3.63) is 21.9 Å². The maximum Gasteiger partial charge on any atom is 0.345 e. The lowest BCUT2D eigenvalue weighted by molar-refractivity contribution is 0.0702. The first-order valence-corrected chi connectivity index (χ1v) is 6.38. The molecule has 90 valence electrons. The molecule has 0 radical (unpaired) electrons. The summed E-state index contributed by atoms with van der Waals surface area (Å²) in [6, 6.07) is 4.13. The van der Waals surface area contributed by atoms with Gasteiger partial charge in [-0.3, -0.25) is 4.90 Å². The average molecular weight is 241 g/mol. The van der Waals surface area contributed by atoms with Gasteiger partial charge in [0.15, 0.2) is 0 Å². The number of aromatic carboxylic acids is 1. The highest BCUT2D eigenvalue weighted by Crippen LogP contribution is 2.19. The van der Waals surface area contributed by atoms with Gasteiger partial charge in [0.25, 0.3) is 0 Å². The lowest BCUT2D eigenvalue weighted by Gasteiger charge is -2.23. The van der Waals surface area contributed by atoms with Crippen molar-refractivity contribution in [3.8, 4) is 0 Å². The fraction of sp³-hybridized carbons (Fsp3) is 0.583. The zero-order chi connectivity index (χ0) is 12.1. The first kappa shape index (κ1) is 13.2. The second-order valence-corrected chi connectivity index (χ2v) is 5.29. The number of carboxylic acid groups (broad SMARTS) is 1. The van der Waals surface area contributed by atoms with Crippen LogP contribution in [0.3, 0.4) is 0 Å². The van der Waals surface area contributed by atoms with Crippen molar-refractivity contribution in [2.45, 2.75) is 39.3 Å². The Morgan fingerprint density at radius 2 is 2.25 bits per heavy atom. The molecule has 0 spiro atoms. The van der Waals surface area contributed by atoms with Crippen LogP contribution in [-0.4, -0.2) is 29.1 Å². The topological polar surface area (TPSA) is 40.5 Å². The van der Waals surface area contributed by atoms with Gasteiger partial charge in [-0.15, -0.1) is 11.3 Å². The molecule has 0 fully saturated rings. The summed E-state index contributed by atoms with van der Waals surface area (Å²) in [7, 11) is 2.08. The zero-order valence-electron chi connectivity index (χ0n) is 10.1. The summed E-state index contributed by atoms with van der Waals surface area (Å²) in [5.74, 6) is -0.833. The fourth-order valence-electron chi connectivity index (χ4n) is 1.62. The fourth-order valence-corrected chi connectivity index (χ4v) is 2.53. The van der Waals surface area contributed by atoms with E-state index in [4.69, 9.17) is 5.11 Å². The Bertz CT molecular complexity index is 349. The average Bonchev–Trinajstić information content (AvgIpc) is 2.66. The lowest BCUT2D eigenvalue weighted by atomic mass is 10.2. The highest BCUT2D eigenvalue weighted by Gasteiger charge is 2.11. The van der Waals surface area contributed by atoms with E-state index in [9.17, 15) is 4.79 Å². The van der Waals surface area contributed by atoms with E-state index >= 15 is 0 Å². The number of rotatable bonds is 6. The Morgan fingerprint density at radius 3 is 2.75 bits per heavy atom. The van der Waals surface area contributed by atoms with Gasteiger partial charge in [0.1, 0.15) is 4.88 Å². The van der Waals surface area contributed by atoms with Crippen molar-refractivity contribution in [3.63, 3.8) is 0 Å². The highest BCUT2D eigenvalue weighted by atomic mass is 32.1. The molecule has 4 heteroatoms. The SMILES string of the molecule is CCCC(C)N(C)Cc1ccc(C(=O)O)s1. The van der Waals surface area contributed by atoms with E-state index in [0.717, 1.165) is 11.4 Å². The van der Waals surface area contributed by atoms with Crippen LogP contribution < -0.4 is 0 Å². The van der Waals surface area contributed by atoms with Gasteiger partial charge in [0.05, 0.1) is 0 Å². The molecule has 0 aliphatic rings. The van der Waals surface area contributed by atoms with Crippen molar-refractivity contribution >= 4 is 17.3 Å². The molecule has 0 aliphatic carbocycles. The molecule has 0 aromatic carbocycles. The predicted molar refractivity (Wildman–Crippen MR) is 67.1 cm³/mol. The first-order chi connectivity index (χ1) is 7.54. The quantitative estimate of drug-likeness (QED) is 0.832. The summed E-state index contributed by atoms with van der Waals surface area (Å²) in [5.41, 5.74) is 0. The summed E-state index contributed by atoms with van der Waals surface area (Å²) in [5, 5.41) is 8.82. The molecule has 1 aromatic heterocycles. The second-order valence-electron chi connectivity index (χ2n) is 4.12. The van der Waals surface area contributed by atoms with Crippen LogP contribution in [0.25, 0.3) is 0 Å². The zero-order valence-corrected chi connectivity index (χ0v) is 10.9. The van der Waals surface area contributed by atoms with Crippen LogP contribution in [0, 0.1) is 0 Å². The molecule has 1 atom stereocenters. The van der Waals surface area contributed by atoms with Crippen LogP contribution in [0.4, 0.5) is 0 Å². The first-order valence-electron chi connectivity index (χ1n) is 5.56.